The van der Waals surface area contributed by atoms with Gasteiger partial charge in [0.1, 0.15) is 5.60 Å². The number of aliphatic hydroxyl groups excluding tert-OH is 1. The van der Waals surface area contributed by atoms with Crippen molar-refractivity contribution < 1.29 is 14.6 Å². The van der Waals surface area contributed by atoms with Gasteiger partial charge in [-0.15, -0.1) is 11.3 Å². The molecular formula is C14H20ClNO3S. The summed E-state index contributed by atoms with van der Waals surface area (Å²) in [4.78, 5) is 14.4. The highest BCUT2D eigenvalue weighted by atomic mass is 35.5. The molecule has 2 atom stereocenters. The Bertz CT molecular complexity index is 483. The largest absolute Gasteiger partial charge is 0.444 e. The number of amides is 1. The highest BCUT2D eigenvalue weighted by molar-refractivity contribution is 7.10. The maximum absolute atomic E-state index is 12.0. The number of halogens is 1. The molecule has 0 bridgehead atoms. The predicted molar refractivity (Wildman–Crippen MR) is 80.2 cm³/mol. The lowest BCUT2D eigenvalue weighted by atomic mass is 10.0. The summed E-state index contributed by atoms with van der Waals surface area (Å²) in [7, 11) is 0. The number of aliphatic hydroxyl groups is 1. The van der Waals surface area contributed by atoms with E-state index in [1.54, 1.807) is 11.0 Å². The van der Waals surface area contributed by atoms with E-state index in [0.29, 0.717) is 18.1 Å². The van der Waals surface area contributed by atoms with Crippen molar-refractivity contribution >= 4 is 29.0 Å². The Morgan fingerprint density at radius 2 is 2.30 bits per heavy atom. The van der Waals surface area contributed by atoms with Gasteiger partial charge in [-0.1, -0.05) is 11.6 Å². The standard InChI is InChI=1S/C14H20ClNO3S/c1-14(2,3)19-13(18)16-6-4-9(8-16)11(17)12-10(15)5-7-20-12/h5,7,9,11,17H,4,6,8H2,1-3H3. The average molecular weight is 318 g/mol. The molecule has 1 aromatic rings. The molecule has 0 saturated carbocycles. The molecular weight excluding hydrogens is 298 g/mol. The van der Waals surface area contributed by atoms with Gasteiger partial charge in [0.05, 0.1) is 16.0 Å². The highest BCUT2D eigenvalue weighted by Gasteiger charge is 2.34. The lowest BCUT2D eigenvalue weighted by Gasteiger charge is -2.25. The average Bonchev–Trinajstić information content (AvgIpc) is 2.94. The molecule has 0 radical (unpaired) electrons. The summed E-state index contributed by atoms with van der Waals surface area (Å²) in [6.07, 6.45) is -0.173. The Morgan fingerprint density at radius 1 is 1.60 bits per heavy atom. The molecule has 2 heterocycles. The lowest BCUT2D eigenvalue weighted by Crippen LogP contribution is -2.35. The summed E-state index contributed by atoms with van der Waals surface area (Å²) in [6, 6.07) is 1.78. The van der Waals surface area contributed by atoms with E-state index >= 15 is 0 Å². The SMILES string of the molecule is CC(C)(C)OC(=O)N1CCC(C(O)c2sccc2Cl)C1. The normalized spacial score (nSPS) is 21.1. The van der Waals surface area contributed by atoms with Crippen molar-refractivity contribution in [1.29, 1.82) is 0 Å². The molecule has 0 aromatic carbocycles. The van der Waals surface area contributed by atoms with Gasteiger partial charge in [-0.3, -0.25) is 0 Å². The maximum Gasteiger partial charge on any atom is 0.410 e. The van der Waals surface area contributed by atoms with Crippen molar-refractivity contribution in [2.75, 3.05) is 13.1 Å². The van der Waals surface area contributed by atoms with Gasteiger partial charge in [-0.25, -0.2) is 4.79 Å². The number of hydrogen-bond donors (Lipinski definition) is 1. The van der Waals surface area contributed by atoms with Gasteiger partial charge < -0.3 is 14.7 Å². The third-order valence-corrected chi connectivity index (χ3v) is 4.67. The second kappa shape index (κ2) is 5.92. The molecule has 1 aliphatic rings. The smallest absolute Gasteiger partial charge is 0.410 e. The number of thiophene rings is 1. The number of likely N-dealkylation sites (tertiary alicyclic amines) is 1. The third-order valence-electron chi connectivity index (χ3n) is 3.24. The first-order valence-electron chi connectivity index (χ1n) is 6.67. The van der Waals surface area contributed by atoms with Crippen LogP contribution in [-0.2, 0) is 4.74 Å². The van der Waals surface area contributed by atoms with Gasteiger partial charge in [-0.2, -0.15) is 0 Å². The molecule has 0 aliphatic carbocycles. The van der Waals surface area contributed by atoms with Crippen LogP contribution in [0.4, 0.5) is 4.79 Å². The molecule has 1 amide bonds. The minimum atomic E-state index is -0.616. The van der Waals surface area contributed by atoms with Crippen molar-refractivity contribution in [3.8, 4) is 0 Å². The number of ether oxygens (including phenoxy) is 1. The van der Waals surface area contributed by atoms with Gasteiger partial charge in [-0.05, 0) is 38.6 Å². The Balaban J connectivity index is 1.95. The van der Waals surface area contributed by atoms with Crippen LogP contribution >= 0.6 is 22.9 Å². The van der Waals surface area contributed by atoms with Crippen LogP contribution < -0.4 is 0 Å². The number of nitrogens with zero attached hydrogens (tertiary/aromatic N) is 1. The van der Waals surface area contributed by atoms with E-state index in [9.17, 15) is 9.90 Å². The van der Waals surface area contributed by atoms with Crippen LogP contribution in [0.2, 0.25) is 5.02 Å². The Hall–Kier alpha value is -0.780. The molecule has 20 heavy (non-hydrogen) atoms. The zero-order valence-electron chi connectivity index (χ0n) is 11.9. The topological polar surface area (TPSA) is 49.8 Å². The molecule has 1 aliphatic heterocycles. The first-order chi connectivity index (χ1) is 9.28. The summed E-state index contributed by atoms with van der Waals surface area (Å²) < 4.78 is 5.35. The quantitative estimate of drug-likeness (QED) is 0.905. The van der Waals surface area contributed by atoms with E-state index in [4.69, 9.17) is 16.3 Å². The van der Waals surface area contributed by atoms with Crippen LogP contribution in [0.5, 0.6) is 0 Å². The molecule has 1 fully saturated rings. The van der Waals surface area contributed by atoms with Gasteiger partial charge in [0.25, 0.3) is 0 Å². The third kappa shape index (κ3) is 3.65. The molecule has 0 spiro atoms. The minimum absolute atomic E-state index is 0.0127. The van der Waals surface area contributed by atoms with Gasteiger partial charge >= 0.3 is 6.09 Å². The monoisotopic (exact) mass is 317 g/mol. The molecule has 112 valence electrons. The highest BCUT2D eigenvalue weighted by Crippen LogP contribution is 2.37. The van der Waals surface area contributed by atoms with Crippen molar-refractivity contribution in [1.82, 2.24) is 4.90 Å². The Kier molecular flexibility index (Phi) is 4.62. The van der Waals surface area contributed by atoms with Crippen molar-refractivity contribution in [2.24, 2.45) is 5.92 Å². The number of carbonyl (C=O) groups is 1. The van der Waals surface area contributed by atoms with Crippen molar-refractivity contribution in [2.45, 2.75) is 38.9 Å². The maximum atomic E-state index is 12.0. The summed E-state index contributed by atoms with van der Waals surface area (Å²) in [5.74, 6) is 0.0127. The lowest BCUT2D eigenvalue weighted by molar-refractivity contribution is 0.0269. The fraction of sp³-hybridized carbons (Fsp3) is 0.643. The van der Waals surface area contributed by atoms with Crippen LogP contribution in [0.15, 0.2) is 11.4 Å². The van der Waals surface area contributed by atoms with Crippen LogP contribution in [0, 0.1) is 5.92 Å². The van der Waals surface area contributed by atoms with Crippen molar-refractivity contribution in [3.63, 3.8) is 0 Å². The van der Waals surface area contributed by atoms with Gasteiger partial charge in [0, 0.05) is 19.0 Å². The zero-order chi connectivity index (χ0) is 14.9. The summed E-state index contributed by atoms with van der Waals surface area (Å²) in [6.45, 7) is 6.65. The molecule has 1 aromatic heterocycles. The first-order valence-corrected chi connectivity index (χ1v) is 7.92. The van der Waals surface area contributed by atoms with E-state index in [-0.39, 0.29) is 12.0 Å². The van der Waals surface area contributed by atoms with Crippen LogP contribution in [0.25, 0.3) is 0 Å². The first kappa shape index (κ1) is 15.6. The van der Waals surface area contributed by atoms with Crippen LogP contribution in [-0.4, -0.2) is 34.8 Å². The minimum Gasteiger partial charge on any atom is -0.444 e. The summed E-state index contributed by atoms with van der Waals surface area (Å²) in [5, 5.41) is 12.8. The van der Waals surface area contributed by atoms with E-state index in [0.717, 1.165) is 11.3 Å². The molecule has 4 nitrogen and oxygen atoms in total. The Morgan fingerprint density at radius 3 is 2.85 bits per heavy atom. The zero-order valence-corrected chi connectivity index (χ0v) is 13.5. The van der Waals surface area contributed by atoms with E-state index in [2.05, 4.69) is 0 Å². The van der Waals surface area contributed by atoms with Gasteiger partial charge in [0.2, 0.25) is 0 Å². The Labute approximate surface area is 128 Å². The predicted octanol–water partition coefficient (Wildman–Crippen LogP) is 3.69. The molecule has 2 rings (SSSR count). The van der Waals surface area contributed by atoms with E-state index in [1.165, 1.54) is 11.3 Å². The van der Waals surface area contributed by atoms with Crippen LogP contribution in [0.3, 0.4) is 0 Å². The number of rotatable bonds is 2. The van der Waals surface area contributed by atoms with E-state index in [1.807, 2.05) is 26.2 Å². The number of carbonyl (C=O) groups excluding carboxylic acids is 1. The fourth-order valence-corrected chi connectivity index (χ4v) is 3.51. The van der Waals surface area contributed by atoms with E-state index < -0.39 is 11.7 Å². The molecule has 6 heteroatoms. The summed E-state index contributed by atoms with van der Waals surface area (Å²) in [5.41, 5.74) is -0.495. The summed E-state index contributed by atoms with van der Waals surface area (Å²) >= 11 is 7.49. The molecule has 2 unspecified atom stereocenters. The van der Waals surface area contributed by atoms with Crippen LogP contribution in [0.1, 0.15) is 38.2 Å². The number of hydrogen-bond acceptors (Lipinski definition) is 4. The molecule has 1 N–H and O–H groups in total. The fourth-order valence-electron chi connectivity index (χ4n) is 2.27. The van der Waals surface area contributed by atoms with Gasteiger partial charge in [0.15, 0.2) is 0 Å². The second-order valence-corrected chi connectivity index (χ2v) is 7.41. The molecule has 1 saturated heterocycles. The second-order valence-electron chi connectivity index (χ2n) is 6.05. The van der Waals surface area contributed by atoms with Crippen molar-refractivity contribution in [3.05, 3.63) is 21.3 Å².